The number of amides is 1. The van der Waals surface area contributed by atoms with Crippen LogP contribution in [-0.4, -0.2) is 87.5 Å². The fraction of sp³-hybridized carbons (Fsp3) is 0.878. The predicted octanol–water partition coefficient (Wildman–Crippen LogP) is 7.55. The van der Waals surface area contributed by atoms with Crippen LogP contribution in [0.15, 0.2) is 24.3 Å². The van der Waals surface area contributed by atoms with Gasteiger partial charge >= 0.3 is 0 Å². The van der Waals surface area contributed by atoms with E-state index in [0.717, 1.165) is 51.4 Å². The molecule has 1 saturated heterocycles. The first-order chi connectivity index (χ1) is 24.3. The Morgan fingerprint density at radius 3 is 1.72 bits per heavy atom. The zero-order chi connectivity index (χ0) is 36.7. The van der Waals surface area contributed by atoms with Gasteiger partial charge < -0.3 is 40.3 Å². The second kappa shape index (κ2) is 32.3. The number of carbonyl (C=O) groups is 1. The highest BCUT2D eigenvalue weighted by atomic mass is 16.7. The van der Waals surface area contributed by atoms with Crippen LogP contribution in [0.3, 0.4) is 0 Å². The molecular formula is C41H77NO8. The average Bonchev–Trinajstić information content (AvgIpc) is 3.11. The molecule has 9 nitrogen and oxygen atoms in total. The summed E-state index contributed by atoms with van der Waals surface area (Å²) >= 11 is 0. The fourth-order valence-electron chi connectivity index (χ4n) is 6.42. The van der Waals surface area contributed by atoms with Crippen LogP contribution in [0.2, 0.25) is 0 Å². The molecule has 1 aliphatic rings. The summed E-state index contributed by atoms with van der Waals surface area (Å²) in [5.41, 5.74) is 0. The number of aliphatic hydroxyl groups is 5. The Morgan fingerprint density at radius 2 is 1.18 bits per heavy atom. The summed E-state index contributed by atoms with van der Waals surface area (Å²) in [4.78, 5) is 12.8. The number of carbonyl (C=O) groups excluding carboxylic acids is 1. The number of aliphatic hydroxyl groups excluding tert-OH is 5. The number of unbranched alkanes of at least 4 members (excludes halogenated alkanes) is 19. The van der Waals surface area contributed by atoms with Crippen LogP contribution in [0.25, 0.3) is 0 Å². The van der Waals surface area contributed by atoms with Gasteiger partial charge in [0, 0.05) is 6.42 Å². The van der Waals surface area contributed by atoms with Crippen molar-refractivity contribution >= 4 is 5.91 Å². The van der Waals surface area contributed by atoms with Crippen molar-refractivity contribution in [3.63, 3.8) is 0 Å². The maximum Gasteiger partial charge on any atom is 0.220 e. The number of nitrogens with one attached hydrogen (secondary N) is 1. The van der Waals surface area contributed by atoms with Crippen LogP contribution in [0, 0.1) is 0 Å². The van der Waals surface area contributed by atoms with Crippen LogP contribution in [0.4, 0.5) is 0 Å². The summed E-state index contributed by atoms with van der Waals surface area (Å²) in [6, 6.07) is -0.713. The van der Waals surface area contributed by atoms with E-state index in [1.54, 1.807) is 0 Å². The third-order valence-corrected chi connectivity index (χ3v) is 9.81. The summed E-state index contributed by atoms with van der Waals surface area (Å²) in [6.45, 7) is 3.68. The van der Waals surface area contributed by atoms with Gasteiger partial charge in [0.1, 0.15) is 24.4 Å². The van der Waals surface area contributed by atoms with E-state index in [2.05, 4.69) is 43.5 Å². The smallest absolute Gasteiger partial charge is 0.220 e. The lowest BCUT2D eigenvalue weighted by atomic mass is 9.99. The van der Waals surface area contributed by atoms with Gasteiger partial charge in [0.15, 0.2) is 6.29 Å². The molecule has 294 valence electrons. The highest BCUT2D eigenvalue weighted by molar-refractivity contribution is 5.76. The summed E-state index contributed by atoms with van der Waals surface area (Å²) in [7, 11) is 0. The van der Waals surface area contributed by atoms with Crippen molar-refractivity contribution in [1.82, 2.24) is 5.32 Å². The van der Waals surface area contributed by atoms with Crippen molar-refractivity contribution in [3.8, 4) is 0 Å². The standard InChI is InChI=1S/C41H77NO8/c1-3-5-7-9-10-11-12-13-14-15-16-17-18-19-20-21-22-23-24-25-26-27-29-31-37(45)42-34(35(44)30-28-8-6-4-2)33-49-41-40(48)39(47)38(46)36(32-43)50-41/h12-13,15-16,34-36,38-41,43-44,46-48H,3-11,14,17-33H2,1-2H3,(H,42,45)/b13-12-,16-15-. The van der Waals surface area contributed by atoms with Gasteiger partial charge in [-0.3, -0.25) is 4.79 Å². The number of hydrogen-bond donors (Lipinski definition) is 6. The first kappa shape index (κ1) is 46.7. The average molecular weight is 712 g/mol. The molecule has 0 aromatic carbocycles. The highest BCUT2D eigenvalue weighted by Gasteiger charge is 2.44. The van der Waals surface area contributed by atoms with Crippen LogP contribution in [-0.2, 0) is 14.3 Å². The second-order valence-electron chi connectivity index (χ2n) is 14.4. The summed E-state index contributed by atoms with van der Waals surface area (Å²) in [6.07, 6.45) is 29.7. The molecule has 0 aromatic rings. The molecule has 50 heavy (non-hydrogen) atoms. The highest BCUT2D eigenvalue weighted by Crippen LogP contribution is 2.23. The lowest BCUT2D eigenvalue weighted by Crippen LogP contribution is -2.60. The van der Waals surface area contributed by atoms with Gasteiger partial charge in [-0.25, -0.2) is 0 Å². The van der Waals surface area contributed by atoms with E-state index in [9.17, 15) is 30.3 Å². The molecule has 1 amide bonds. The molecule has 1 rings (SSSR count). The van der Waals surface area contributed by atoms with E-state index in [0.29, 0.717) is 12.8 Å². The molecule has 0 saturated carbocycles. The molecule has 0 radical (unpaired) electrons. The van der Waals surface area contributed by atoms with E-state index < -0.39 is 49.5 Å². The molecule has 1 aliphatic heterocycles. The third-order valence-electron chi connectivity index (χ3n) is 9.81. The van der Waals surface area contributed by atoms with Crippen molar-refractivity contribution in [1.29, 1.82) is 0 Å². The molecule has 0 spiro atoms. The largest absolute Gasteiger partial charge is 0.394 e. The summed E-state index contributed by atoms with van der Waals surface area (Å²) in [5, 5.41) is 53.6. The minimum absolute atomic E-state index is 0.141. The minimum Gasteiger partial charge on any atom is -0.394 e. The molecule has 0 aliphatic carbocycles. The van der Waals surface area contributed by atoms with Crippen molar-refractivity contribution in [2.24, 2.45) is 0 Å². The first-order valence-electron chi connectivity index (χ1n) is 20.5. The number of rotatable bonds is 33. The fourth-order valence-corrected chi connectivity index (χ4v) is 6.42. The van der Waals surface area contributed by atoms with Crippen molar-refractivity contribution in [2.75, 3.05) is 13.2 Å². The molecule has 7 unspecified atom stereocenters. The zero-order valence-electron chi connectivity index (χ0n) is 31.9. The molecule has 0 aromatic heterocycles. The molecule has 9 heteroatoms. The van der Waals surface area contributed by atoms with Gasteiger partial charge in [-0.15, -0.1) is 0 Å². The van der Waals surface area contributed by atoms with Gasteiger partial charge in [-0.05, 0) is 44.9 Å². The third kappa shape index (κ3) is 23.3. The molecule has 7 atom stereocenters. The van der Waals surface area contributed by atoms with Gasteiger partial charge in [0.2, 0.25) is 5.91 Å². The molecule has 1 fully saturated rings. The topological polar surface area (TPSA) is 149 Å². The molecule has 1 heterocycles. The maximum absolute atomic E-state index is 12.8. The number of ether oxygens (including phenoxy) is 2. The molecule has 0 bridgehead atoms. The quantitative estimate of drug-likeness (QED) is 0.0302. The Kier molecular flexibility index (Phi) is 30.2. The van der Waals surface area contributed by atoms with E-state index in [4.69, 9.17) is 9.47 Å². The van der Waals surface area contributed by atoms with Crippen LogP contribution >= 0.6 is 0 Å². The van der Waals surface area contributed by atoms with Crippen molar-refractivity contribution < 1.29 is 39.8 Å². The van der Waals surface area contributed by atoms with Crippen LogP contribution in [0.5, 0.6) is 0 Å². The van der Waals surface area contributed by atoms with Crippen molar-refractivity contribution in [3.05, 3.63) is 24.3 Å². The second-order valence-corrected chi connectivity index (χ2v) is 14.4. The van der Waals surface area contributed by atoms with Crippen LogP contribution in [0.1, 0.15) is 174 Å². The predicted molar refractivity (Wildman–Crippen MR) is 203 cm³/mol. The minimum atomic E-state index is -1.55. The van der Waals surface area contributed by atoms with E-state index in [1.807, 2.05) is 0 Å². The van der Waals surface area contributed by atoms with Crippen molar-refractivity contribution in [2.45, 2.75) is 217 Å². The van der Waals surface area contributed by atoms with Gasteiger partial charge in [-0.2, -0.15) is 0 Å². The SMILES string of the molecule is CCCCCCC/C=C\C/C=C\CCCCCCCCCCCCCC(=O)NC(COC1OC(CO)C(O)C(O)C1O)C(O)CCCCCC. The molecule has 6 N–H and O–H groups in total. The number of hydrogen-bond acceptors (Lipinski definition) is 8. The Bertz CT molecular complexity index is 837. The summed E-state index contributed by atoms with van der Waals surface area (Å²) < 4.78 is 11.1. The zero-order valence-corrected chi connectivity index (χ0v) is 31.9. The van der Waals surface area contributed by atoms with E-state index in [1.165, 1.54) is 96.3 Å². The lowest BCUT2D eigenvalue weighted by molar-refractivity contribution is -0.302. The number of allylic oxidation sites excluding steroid dienone is 4. The van der Waals surface area contributed by atoms with Gasteiger partial charge in [0.05, 0.1) is 25.4 Å². The Morgan fingerprint density at radius 1 is 0.680 bits per heavy atom. The Labute approximate surface area is 305 Å². The first-order valence-corrected chi connectivity index (χ1v) is 20.5. The Hall–Kier alpha value is -1.33. The summed E-state index contributed by atoms with van der Waals surface area (Å²) in [5.74, 6) is -0.157. The van der Waals surface area contributed by atoms with Gasteiger partial charge in [-0.1, -0.05) is 147 Å². The molecular weight excluding hydrogens is 634 g/mol. The Balaban J connectivity index is 2.15. The van der Waals surface area contributed by atoms with E-state index >= 15 is 0 Å². The van der Waals surface area contributed by atoms with Gasteiger partial charge in [0.25, 0.3) is 0 Å². The monoisotopic (exact) mass is 712 g/mol. The van der Waals surface area contributed by atoms with E-state index in [-0.39, 0.29) is 12.5 Å². The lowest BCUT2D eigenvalue weighted by Gasteiger charge is -2.40. The normalized spacial score (nSPS) is 22.4. The van der Waals surface area contributed by atoms with Crippen LogP contribution < -0.4 is 5.32 Å². The maximum atomic E-state index is 12.8.